The summed E-state index contributed by atoms with van der Waals surface area (Å²) in [5.41, 5.74) is 5.21. The number of halogens is 3. The zero-order valence-electron chi connectivity index (χ0n) is 9.57. The van der Waals surface area contributed by atoms with Gasteiger partial charge in [0.15, 0.2) is 0 Å². The first-order valence-electron chi connectivity index (χ1n) is 5.32. The van der Waals surface area contributed by atoms with Crippen LogP contribution in [0.3, 0.4) is 0 Å². The molecule has 4 unspecified atom stereocenters. The van der Waals surface area contributed by atoms with E-state index >= 15 is 0 Å². The molecule has 1 rings (SSSR count). The lowest BCUT2D eigenvalue weighted by molar-refractivity contribution is -0.433. The van der Waals surface area contributed by atoms with Gasteiger partial charge < -0.3 is 5.73 Å². The monoisotopic (exact) mass is 252 g/mol. The first-order valence-corrected chi connectivity index (χ1v) is 5.32. The van der Waals surface area contributed by atoms with Gasteiger partial charge in [-0.1, -0.05) is 6.92 Å². The third kappa shape index (κ3) is 2.96. The standard InChI is InChI=1S/C10H15F3N2O2/c1-5-8(6(2)14)3-7(15(16)17)4-9(5)10(11,12)13/h3,5-6,8-9H,4,14H2,1-2H3. The van der Waals surface area contributed by atoms with Crippen LogP contribution >= 0.6 is 0 Å². The molecule has 0 amide bonds. The number of nitrogens with two attached hydrogens (primary N) is 1. The van der Waals surface area contributed by atoms with E-state index in [2.05, 4.69) is 0 Å². The molecule has 0 heterocycles. The molecule has 4 atom stereocenters. The highest BCUT2D eigenvalue weighted by atomic mass is 19.4. The molecular weight excluding hydrogens is 237 g/mol. The summed E-state index contributed by atoms with van der Waals surface area (Å²) in [7, 11) is 0. The number of alkyl halides is 3. The summed E-state index contributed by atoms with van der Waals surface area (Å²) in [6.45, 7) is 3.01. The average Bonchev–Trinajstić information content (AvgIpc) is 2.15. The summed E-state index contributed by atoms with van der Waals surface area (Å²) >= 11 is 0. The number of hydrogen-bond acceptors (Lipinski definition) is 3. The van der Waals surface area contributed by atoms with E-state index in [0.29, 0.717) is 0 Å². The summed E-state index contributed by atoms with van der Waals surface area (Å²) in [5.74, 6) is -3.04. The Labute approximate surface area is 96.8 Å². The van der Waals surface area contributed by atoms with Crippen LogP contribution in [0.1, 0.15) is 20.3 Å². The van der Waals surface area contributed by atoms with E-state index in [9.17, 15) is 23.3 Å². The Bertz CT molecular complexity index is 339. The van der Waals surface area contributed by atoms with Gasteiger partial charge in [-0.05, 0) is 18.9 Å². The van der Waals surface area contributed by atoms with Crippen LogP contribution in [0.4, 0.5) is 13.2 Å². The minimum Gasteiger partial charge on any atom is -0.327 e. The molecule has 98 valence electrons. The molecule has 0 spiro atoms. The second-order valence-electron chi connectivity index (χ2n) is 4.56. The first-order chi connectivity index (χ1) is 7.64. The lowest BCUT2D eigenvalue weighted by Gasteiger charge is -2.35. The summed E-state index contributed by atoms with van der Waals surface area (Å²) in [6.07, 6.45) is -3.72. The maximum atomic E-state index is 12.8. The molecule has 0 bridgehead atoms. The van der Waals surface area contributed by atoms with Crippen molar-refractivity contribution in [3.05, 3.63) is 21.9 Å². The third-order valence-corrected chi connectivity index (χ3v) is 3.32. The fourth-order valence-electron chi connectivity index (χ4n) is 2.30. The molecule has 0 aromatic carbocycles. The maximum absolute atomic E-state index is 12.8. The second-order valence-corrected chi connectivity index (χ2v) is 4.56. The molecule has 0 saturated carbocycles. The fourth-order valence-corrected chi connectivity index (χ4v) is 2.30. The van der Waals surface area contributed by atoms with E-state index < -0.39 is 41.3 Å². The lowest BCUT2D eigenvalue weighted by Crippen LogP contribution is -2.42. The molecule has 0 fully saturated rings. The largest absolute Gasteiger partial charge is 0.392 e. The topological polar surface area (TPSA) is 69.2 Å². The van der Waals surface area contributed by atoms with Crippen molar-refractivity contribution in [3.63, 3.8) is 0 Å². The van der Waals surface area contributed by atoms with Crippen molar-refractivity contribution < 1.29 is 18.1 Å². The Morgan fingerprint density at radius 3 is 2.47 bits per heavy atom. The van der Waals surface area contributed by atoms with Crippen LogP contribution in [0.5, 0.6) is 0 Å². The number of rotatable bonds is 2. The van der Waals surface area contributed by atoms with Crippen LogP contribution in [0.25, 0.3) is 0 Å². The van der Waals surface area contributed by atoms with Crippen LogP contribution in [-0.2, 0) is 0 Å². The Hall–Kier alpha value is -1.11. The van der Waals surface area contributed by atoms with Gasteiger partial charge in [0, 0.05) is 18.4 Å². The predicted octanol–water partition coefficient (Wildman–Crippen LogP) is 2.33. The van der Waals surface area contributed by atoms with Crippen molar-refractivity contribution in [2.75, 3.05) is 0 Å². The molecule has 0 aliphatic heterocycles. The van der Waals surface area contributed by atoms with Gasteiger partial charge in [0.1, 0.15) is 0 Å². The third-order valence-electron chi connectivity index (χ3n) is 3.32. The minimum atomic E-state index is -4.43. The molecule has 4 nitrogen and oxygen atoms in total. The predicted molar refractivity (Wildman–Crippen MR) is 55.5 cm³/mol. The normalized spacial score (nSPS) is 31.9. The summed E-state index contributed by atoms with van der Waals surface area (Å²) in [5, 5.41) is 10.6. The minimum absolute atomic E-state index is 0.382. The van der Waals surface area contributed by atoms with Crippen molar-refractivity contribution in [3.8, 4) is 0 Å². The Kier molecular flexibility index (Phi) is 3.81. The van der Waals surface area contributed by atoms with Crippen LogP contribution in [-0.4, -0.2) is 17.1 Å². The Balaban J connectivity index is 3.09. The SMILES string of the molecule is CC(N)C1C=C([N+](=O)[O-])CC(C(F)(F)F)C1C. The quantitative estimate of drug-likeness (QED) is 0.605. The molecule has 7 heteroatoms. The average molecular weight is 252 g/mol. The zero-order valence-corrected chi connectivity index (χ0v) is 9.57. The van der Waals surface area contributed by atoms with E-state index in [1.165, 1.54) is 13.0 Å². The highest BCUT2D eigenvalue weighted by molar-refractivity contribution is 5.08. The molecule has 1 aliphatic carbocycles. The van der Waals surface area contributed by atoms with Gasteiger partial charge in [-0.25, -0.2) is 0 Å². The number of allylic oxidation sites excluding steroid dienone is 1. The zero-order chi connectivity index (χ0) is 13.4. The van der Waals surface area contributed by atoms with Crippen molar-refractivity contribution >= 4 is 0 Å². The maximum Gasteiger partial charge on any atom is 0.392 e. The Morgan fingerprint density at radius 2 is 2.12 bits per heavy atom. The molecular formula is C10H15F3N2O2. The van der Waals surface area contributed by atoms with Crippen LogP contribution in [0, 0.1) is 27.9 Å². The first kappa shape index (κ1) is 14.0. The highest BCUT2D eigenvalue weighted by Gasteiger charge is 2.50. The van der Waals surface area contributed by atoms with E-state index in [-0.39, 0.29) is 5.70 Å². The number of hydrogen-bond donors (Lipinski definition) is 1. The van der Waals surface area contributed by atoms with Crippen molar-refractivity contribution in [1.29, 1.82) is 0 Å². The van der Waals surface area contributed by atoms with E-state index in [0.717, 1.165) is 0 Å². The molecule has 2 N–H and O–H groups in total. The van der Waals surface area contributed by atoms with Crippen LogP contribution in [0.15, 0.2) is 11.8 Å². The van der Waals surface area contributed by atoms with Gasteiger partial charge in [-0.2, -0.15) is 13.2 Å². The number of nitrogens with zero attached hydrogens (tertiary/aromatic N) is 1. The van der Waals surface area contributed by atoms with Crippen LogP contribution < -0.4 is 5.73 Å². The second kappa shape index (κ2) is 4.64. The van der Waals surface area contributed by atoms with Gasteiger partial charge >= 0.3 is 6.18 Å². The molecule has 1 aliphatic rings. The van der Waals surface area contributed by atoms with Gasteiger partial charge in [-0.3, -0.25) is 10.1 Å². The fraction of sp³-hybridized carbons (Fsp3) is 0.800. The van der Waals surface area contributed by atoms with E-state index in [1.807, 2.05) is 0 Å². The molecule has 0 aromatic rings. The smallest absolute Gasteiger partial charge is 0.327 e. The van der Waals surface area contributed by atoms with Gasteiger partial charge in [0.25, 0.3) is 0 Å². The summed E-state index contributed by atoms with van der Waals surface area (Å²) in [4.78, 5) is 9.88. The van der Waals surface area contributed by atoms with Crippen molar-refractivity contribution in [1.82, 2.24) is 0 Å². The van der Waals surface area contributed by atoms with Crippen LogP contribution in [0.2, 0.25) is 0 Å². The van der Waals surface area contributed by atoms with E-state index in [4.69, 9.17) is 5.73 Å². The van der Waals surface area contributed by atoms with Crippen molar-refractivity contribution in [2.24, 2.45) is 23.5 Å². The Morgan fingerprint density at radius 1 is 1.59 bits per heavy atom. The lowest BCUT2D eigenvalue weighted by atomic mass is 9.73. The van der Waals surface area contributed by atoms with Gasteiger partial charge in [0.05, 0.1) is 10.8 Å². The molecule has 0 radical (unpaired) electrons. The molecule has 0 saturated heterocycles. The van der Waals surface area contributed by atoms with Gasteiger partial charge in [-0.15, -0.1) is 0 Å². The molecule has 17 heavy (non-hydrogen) atoms. The van der Waals surface area contributed by atoms with Crippen molar-refractivity contribution in [2.45, 2.75) is 32.5 Å². The number of nitro groups is 1. The van der Waals surface area contributed by atoms with E-state index in [1.54, 1.807) is 6.92 Å². The summed E-state index contributed by atoms with van der Waals surface area (Å²) < 4.78 is 38.3. The highest BCUT2D eigenvalue weighted by Crippen LogP contribution is 2.44. The summed E-state index contributed by atoms with van der Waals surface area (Å²) in [6, 6.07) is -0.537. The molecule has 0 aromatic heterocycles. The van der Waals surface area contributed by atoms with Gasteiger partial charge in [0.2, 0.25) is 5.70 Å².